The van der Waals surface area contributed by atoms with Crippen LogP contribution in [0.25, 0.3) is 0 Å². The van der Waals surface area contributed by atoms with Gasteiger partial charge in [-0.1, -0.05) is 26.3 Å². The maximum absolute atomic E-state index is 12.5. The summed E-state index contributed by atoms with van der Waals surface area (Å²) < 4.78 is 0. The highest BCUT2D eigenvalue weighted by molar-refractivity contribution is 5.98. The van der Waals surface area contributed by atoms with Gasteiger partial charge >= 0.3 is 0 Å². The third-order valence-electron chi connectivity index (χ3n) is 3.61. The van der Waals surface area contributed by atoms with Gasteiger partial charge < -0.3 is 15.7 Å². The molecule has 0 radical (unpaired) electrons. The molecule has 1 aromatic rings. The third kappa shape index (κ3) is 3.47. The van der Waals surface area contributed by atoms with E-state index in [0.717, 1.165) is 17.7 Å². The maximum Gasteiger partial charge on any atom is 0.244 e. The number of aromatic hydroxyl groups is 1. The predicted molar refractivity (Wildman–Crippen MR) is 78.3 cm³/mol. The smallest absolute Gasteiger partial charge is 0.244 e. The lowest BCUT2D eigenvalue weighted by atomic mass is 9.98. The van der Waals surface area contributed by atoms with Crippen molar-refractivity contribution in [1.29, 1.82) is 0 Å². The highest BCUT2D eigenvalue weighted by atomic mass is 16.3. The number of benzene rings is 1. The van der Waals surface area contributed by atoms with E-state index in [-0.39, 0.29) is 17.6 Å². The summed E-state index contributed by atoms with van der Waals surface area (Å²) in [5.74, 6) is 0.202. The molecule has 106 valence electrons. The van der Waals surface area contributed by atoms with Crippen LogP contribution in [0, 0.1) is 12.8 Å². The number of aryl methyl sites for hydroxylation is 1. The molecule has 2 atom stereocenters. The SMILES string of the molecule is CC[C@H](C)[C@H](N)C(=O)N(CC)c1cc(O)ccc1C. The third-order valence-corrected chi connectivity index (χ3v) is 3.61. The van der Waals surface area contributed by atoms with Gasteiger partial charge in [0.15, 0.2) is 0 Å². The van der Waals surface area contributed by atoms with Crippen LogP contribution in [-0.4, -0.2) is 23.6 Å². The van der Waals surface area contributed by atoms with E-state index < -0.39 is 6.04 Å². The van der Waals surface area contributed by atoms with Crippen LogP contribution >= 0.6 is 0 Å². The molecule has 1 aromatic carbocycles. The summed E-state index contributed by atoms with van der Waals surface area (Å²) in [6.45, 7) is 8.36. The summed E-state index contributed by atoms with van der Waals surface area (Å²) in [4.78, 5) is 14.1. The van der Waals surface area contributed by atoms with Gasteiger partial charge in [0.2, 0.25) is 5.91 Å². The number of nitrogens with two attached hydrogens (primary N) is 1. The second-order valence-corrected chi connectivity index (χ2v) is 4.96. The zero-order valence-corrected chi connectivity index (χ0v) is 12.2. The fourth-order valence-corrected chi connectivity index (χ4v) is 2.01. The van der Waals surface area contributed by atoms with Crippen LogP contribution in [0.15, 0.2) is 18.2 Å². The van der Waals surface area contributed by atoms with Gasteiger partial charge in [0.1, 0.15) is 5.75 Å². The Balaban J connectivity index is 3.06. The molecule has 0 aliphatic heterocycles. The summed E-state index contributed by atoms with van der Waals surface area (Å²) in [5.41, 5.74) is 7.70. The van der Waals surface area contributed by atoms with Crippen molar-refractivity contribution >= 4 is 11.6 Å². The van der Waals surface area contributed by atoms with Crippen molar-refractivity contribution < 1.29 is 9.90 Å². The first-order chi connectivity index (χ1) is 8.92. The van der Waals surface area contributed by atoms with Crippen LogP contribution in [0.2, 0.25) is 0 Å². The normalized spacial score (nSPS) is 13.9. The Kier molecular flexibility index (Phi) is 5.36. The molecular weight excluding hydrogens is 240 g/mol. The first-order valence-corrected chi connectivity index (χ1v) is 6.78. The van der Waals surface area contributed by atoms with E-state index in [1.54, 1.807) is 23.1 Å². The number of hydrogen-bond donors (Lipinski definition) is 2. The van der Waals surface area contributed by atoms with E-state index >= 15 is 0 Å². The minimum atomic E-state index is -0.508. The molecule has 0 fully saturated rings. The molecule has 0 heterocycles. The largest absolute Gasteiger partial charge is 0.508 e. The number of carbonyl (C=O) groups is 1. The second kappa shape index (κ2) is 6.57. The van der Waals surface area contributed by atoms with Crippen LogP contribution in [-0.2, 0) is 4.79 Å². The number of rotatable bonds is 5. The molecule has 3 N–H and O–H groups in total. The van der Waals surface area contributed by atoms with Crippen LogP contribution < -0.4 is 10.6 Å². The van der Waals surface area contributed by atoms with Gasteiger partial charge in [0, 0.05) is 12.6 Å². The Morgan fingerprint density at radius 1 is 1.42 bits per heavy atom. The molecule has 0 unspecified atom stereocenters. The molecule has 0 saturated carbocycles. The molecule has 19 heavy (non-hydrogen) atoms. The monoisotopic (exact) mass is 264 g/mol. The molecule has 1 amide bonds. The Morgan fingerprint density at radius 3 is 2.58 bits per heavy atom. The van der Waals surface area contributed by atoms with Crippen molar-refractivity contribution in [2.24, 2.45) is 11.7 Å². The highest BCUT2D eigenvalue weighted by Crippen LogP contribution is 2.26. The van der Waals surface area contributed by atoms with Crippen molar-refractivity contribution in [3.05, 3.63) is 23.8 Å². The first-order valence-electron chi connectivity index (χ1n) is 6.78. The summed E-state index contributed by atoms with van der Waals surface area (Å²) in [6.07, 6.45) is 0.865. The second-order valence-electron chi connectivity index (χ2n) is 4.96. The molecule has 0 spiro atoms. The summed E-state index contributed by atoms with van der Waals surface area (Å²) >= 11 is 0. The fourth-order valence-electron chi connectivity index (χ4n) is 2.01. The van der Waals surface area contributed by atoms with Crippen LogP contribution in [0.5, 0.6) is 5.75 Å². The molecule has 0 aliphatic carbocycles. The molecule has 0 saturated heterocycles. The Morgan fingerprint density at radius 2 is 2.05 bits per heavy atom. The van der Waals surface area contributed by atoms with E-state index in [4.69, 9.17) is 5.73 Å². The number of phenolic OH excluding ortho intramolecular Hbond substituents is 1. The number of phenols is 1. The van der Waals surface area contributed by atoms with Gasteiger partial charge in [-0.15, -0.1) is 0 Å². The zero-order valence-electron chi connectivity index (χ0n) is 12.2. The van der Waals surface area contributed by atoms with E-state index in [0.29, 0.717) is 6.54 Å². The number of carbonyl (C=O) groups excluding carboxylic acids is 1. The molecule has 0 aromatic heterocycles. The Bertz CT molecular complexity index is 446. The Hall–Kier alpha value is -1.55. The van der Waals surface area contributed by atoms with Gasteiger partial charge in [-0.2, -0.15) is 0 Å². The van der Waals surface area contributed by atoms with Crippen LogP contribution in [0.3, 0.4) is 0 Å². The highest BCUT2D eigenvalue weighted by Gasteiger charge is 2.26. The van der Waals surface area contributed by atoms with Crippen LogP contribution in [0.1, 0.15) is 32.8 Å². The molecule has 4 nitrogen and oxygen atoms in total. The molecule has 0 bridgehead atoms. The molecule has 4 heteroatoms. The maximum atomic E-state index is 12.5. The number of amides is 1. The molecular formula is C15H24N2O2. The lowest BCUT2D eigenvalue weighted by Crippen LogP contribution is -2.47. The summed E-state index contributed by atoms with van der Waals surface area (Å²) in [6, 6.07) is 4.52. The zero-order chi connectivity index (χ0) is 14.6. The molecule has 0 aliphatic rings. The van der Waals surface area contributed by atoms with E-state index in [2.05, 4.69) is 0 Å². The summed E-state index contributed by atoms with van der Waals surface area (Å²) in [7, 11) is 0. The van der Waals surface area contributed by atoms with Crippen molar-refractivity contribution in [2.45, 2.75) is 40.2 Å². The standard InChI is InChI=1S/C15H24N2O2/c1-5-10(3)14(16)15(19)17(6-2)13-9-12(18)8-7-11(13)4/h7-10,14,18H,5-6,16H2,1-4H3/t10-,14-/m0/s1. The van der Waals surface area contributed by atoms with E-state index in [9.17, 15) is 9.90 Å². The quantitative estimate of drug-likeness (QED) is 0.858. The summed E-state index contributed by atoms with van der Waals surface area (Å²) in [5, 5.41) is 9.59. The van der Waals surface area contributed by atoms with Gasteiger partial charge in [-0.3, -0.25) is 4.79 Å². The van der Waals surface area contributed by atoms with Gasteiger partial charge in [0.05, 0.1) is 11.7 Å². The number of hydrogen-bond acceptors (Lipinski definition) is 3. The lowest BCUT2D eigenvalue weighted by molar-refractivity contribution is -0.120. The first kappa shape index (κ1) is 15.5. The van der Waals surface area contributed by atoms with Crippen molar-refractivity contribution in [2.75, 3.05) is 11.4 Å². The number of likely N-dealkylation sites (N-methyl/N-ethyl adjacent to an activating group) is 1. The van der Waals surface area contributed by atoms with E-state index in [1.807, 2.05) is 27.7 Å². The van der Waals surface area contributed by atoms with Crippen LogP contribution in [0.4, 0.5) is 5.69 Å². The van der Waals surface area contributed by atoms with Crippen molar-refractivity contribution in [3.8, 4) is 5.75 Å². The average molecular weight is 264 g/mol. The fraction of sp³-hybridized carbons (Fsp3) is 0.533. The van der Waals surface area contributed by atoms with E-state index in [1.165, 1.54) is 0 Å². The average Bonchev–Trinajstić information content (AvgIpc) is 2.41. The van der Waals surface area contributed by atoms with Gasteiger partial charge in [0.25, 0.3) is 0 Å². The Labute approximate surface area is 115 Å². The van der Waals surface area contributed by atoms with Gasteiger partial charge in [-0.25, -0.2) is 0 Å². The molecule has 1 rings (SSSR count). The minimum absolute atomic E-state index is 0.0921. The number of nitrogens with zero attached hydrogens (tertiary/aromatic N) is 1. The van der Waals surface area contributed by atoms with Crippen molar-refractivity contribution in [3.63, 3.8) is 0 Å². The predicted octanol–water partition coefficient (Wildman–Crippen LogP) is 2.43. The van der Waals surface area contributed by atoms with Gasteiger partial charge in [-0.05, 0) is 31.4 Å². The number of anilines is 1. The topological polar surface area (TPSA) is 66.6 Å². The lowest BCUT2D eigenvalue weighted by Gasteiger charge is -2.28. The van der Waals surface area contributed by atoms with Crippen molar-refractivity contribution in [1.82, 2.24) is 0 Å². The minimum Gasteiger partial charge on any atom is -0.508 e.